The van der Waals surface area contributed by atoms with Gasteiger partial charge in [-0.1, -0.05) is 0 Å². The van der Waals surface area contributed by atoms with E-state index in [1.54, 1.807) is 11.9 Å². The summed E-state index contributed by atoms with van der Waals surface area (Å²) in [7, 11) is 1.57. The van der Waals surface area contributed by atoms with Crippen LogP contribution in [0.2, 0.25) is 0 Å². The van der Waals surface area contributed by atoms with Crippen LogP contribution in [0.15, 0.2) is 16.7 Å². The highest BCUT2D eigenvalue weighted by atomic mass is 79.9. The molecule has 2 heterocycles. The van der Waals surface area contributed by atoms with E-state index in [-0.39, 0.29) is 18.4 Å². The van der Waals surface area contributed by atoms with Gasteiger partial charge in [-0.25, -0.2) is 0 Å². The van der Waals surface area contributed by atoms with Gasteiger partial charge in [0.05, 0.1) is 13.2 Å². The lowest BCUT2D eigenvalue weighted by molar-refractivity contribution is -0.130. The number of nitrogens with zero attached hydrogens (tertiary/aromatic N) is 2. The lowest BCUT2D eigenvalue weighted by atomic mass is 10.2. The van der Waals surface area contributed by atoms with Crippen LogP contribution in [-0.4, -0.2) is 54.1 Å². The van der Waals surface area contributed by atoms with Gasteiger partial charge in [-0.3, -0.25) is 9.59 Å². The zero-order valence-electron chi connectivity index (χ0n) is 11.8. The van der Waals surface area contributed by atoms with Crippen molar-refractivity contribution in [1.29, 1.82) is 0 Å². The van der Waals surface area contributed by atoms with E-state index in [9.17, 15) is 9.59 Å². The molecule has 1 aromatic heterocycles. The molecule has 1 saturated heterocycles. The number of morpholine rings is 1. The van der Waals surface area contributed by atoms with Crippen LogP contribution in [0.25, 0.3) is 0 Å². The Bertz CT molecular complexity index is 568. The first-order valence-corrected chi connectivity index (χ1v) is 7.89. The summed E-state index contributed by atoms with van der Waals surface area (Å²) >= 11 is 3.43. The van der Waals surface area contributed by atoms with Gasteiger partial charge in [0.25, 0.3) is 5.91 Å². The molecule has 1 aliphatic heterocycles. The third-order valence-electron chi connectivity index (χ3n) is 3.91. The fourth-order valence-electron chi connectivity index (χ4n) is 2.65. The summed E-state index contributed by atoms with van der Waals surface area (Å²) in [5.74, 6) is -0.295. The second-order valence-corrected chi connectivity index (χ2v) is 6.30. The number of aromatic nitrogens is 1. The molecular formula is C14H18BrN3O3. The van der Waals surface area contributed by atoms with Crippen LogP contribution in [0, 0.1) is 0 Å². The molecule has 1 atom stereocenters. The topological polar surface area (TPSA) is 63.6 Å². The summed E-state index contributed by atoms with van der Waals surface area (Å²) in [5, 5.41) is 2.60. The minimum Gasteiger partial charge on any atom is -0.377 e. The summed E-state index contributed by atoms with van der Waals surface area (Å²) in [6, 6.07) is 1.68. The molecule has 1 saturated carbocycles. The number of amides is 2. The smallest absolute Gasteiger partial charge is 0.271 e. The van der Waals surface area contributed by atoms with Crippen LogP contribution < -0.4 is 5.32 Å². The Labute approximate surface area is 131 Å². The van der Waals surface area contributed by atoms with Crippen molar-refractivity contribution in [2.24, 2.45) is 0 Å². The van der Waals surface area contributed by atoms with E-state index >= 15 is 0 Å². The maximum absolute atomic E-state index is 12.8. The van der Waals surface area contributed by atoms with E-state index < -0.39 is 6.04 Å². The molecule has 0 radical (unpaired) electrons. The molecule has 7 heteroatoms. The molecule has 1 aliphatic carbocycles. The van der Waals surface area contributed by atoms with E-state index in [0.29, 0.717) is 24.9 Å². The number of ether oxygens (including phenoxy) is 1. The van der Waals surface area contributed by atoms with Crippen molar-refractivity contribution in [1.82, 2.24) is 14.8 Å². The lowest BCUT2D eigenvalue weighted by Gasteiger charge is -2.34. The summed E-state index contributed by atoms with van der Waals surface area (Å²) in [6.45, 7) is 1.14. The first-order valence-electron chi connectivity index (χ1n) is 7.09. The molecule has 0 aromatic carbocycles. The molecule has 21 heavy (non-hydrogen) atoms. The standard InChI is InChI=1S/C14H18BrN3O3/c1-16-13(19)12-8-21-5-4-17(12)14(20)11-6-9(15)7-18(11)10-2-3-10/h6-7,10,12H,2-5,8H2,1H3,(H,16,19). The van der Waals surface area contributed by atoms with Gasteiger partial charge in [0.2, 0.25) is 5.91 Å². The zero-order chi connectivity index (χ0) is 15.0. The van der Waals surface area contributed by atoms with Crippen LogP contribution in [0.3, 0.4) is 0 Å². The van der Waals surface area contributed by atoms with Gasteiger partial charge in [0.1, 0.15) is 11.7 Å². The van der Waals surface area contributed by atoms with Crippen LogP contribution >= 0.6 is 15.9 Å². The van der Waals surface area contributed by atoms with Crippen molar-refractivity contribution >= 4 is 27.7 Å². The Morgan fingerprint density at radius 3 is 2.86 bits per heavy atom. The number of nitrogens with one attached hydrogen (secondary N) is 1. The number of hydrogen-bond acceptors (Lipinski definition) is 3. The molecular weight excluding hydrogens is 338 g/mol. The maximum Gasteiger partial charge on any atom is 0.271 e. The SMILES string of the molecule is CNC(=O)C1COCCN1C(=O)c1cc(Br)cn1C1CC1. The molecule has 6 nitrogen and oxygen atoms in total. The Morgan fingerprint density at radius 1 is 1.43 bits per heavy atom. The number of carbonyl (C=O) groups excluding carboxylic acids is 2. The van der Waals surface area contributed by atoms with Gasteiger partial charge >= 0.3 is 0 Å². The predicted octanol–water partition coefficient (Wildman–Crippen LogP) is 1.17. The van der Waals surface area contributed by atoms with Gasteiger partial charge in [-0.2, -0.15) is 0 Å². The average molecular weight is 356 g/mol. The fourth-order valence-corrected chi connectivity index (χ4v) is 3.09. The monoisotopic (exact) mass is 355 g/mol. The molecule has 2 fully saturated rings. The van der Waals surface area contributed by atoms with Crippen molar-refractivity contribution in [2.75, 3.05) is 26.8 Å². The summed E-state index contributed by atoms with van der Waals surface area (Å²) < 4.78 is 8.25. The van der Waals surface area contributed by atoms with Crippen molar-refractivity contribution in [3.8, 4) is 0 Å². The molecule has 1 N–H and O–H groups in total. The maximum atomic E-state index is 12.8. The van der Waals surface area contributed by atoms with Crippen LogP contribution in [0.1, 0.15) is 29.4 Å². The van der Waals surface area contributed by atoms with Crippen molar-refractivity contribution in [3.05, 3.63) is 22.4 Å². The molecule has 2 amide bonds. The highest BCUT2D eigenvalue weighted by Gasteiger charge is 2.36. The molecule has 2 aliphatic rings. The van der Waals surface area contributed by atoms with Crippen LogP contribution in [0.5, 0.6) is 0 Å². The fraction of sp³-hybridized carbons (Fsp3) is 0.571. The molecule has 0 spiro atoms. The molecule has 3 rings (SSSR count). The Hall–Kier alpha value is -1.34. The first kappa shape index (κ1) is 14.6. The molecule has 0 bridgehead atoms. The van der Waals surface area contributed by atoms with Gasteiger partial charge in [0, 0.05) is 30.3 Å². The van der Waals surface area contributed by atoms with Gasteiger partial charge in [-0.15, -0.1) is 0 Å². The number of hydrogen-bond donors (Lipinski definition) is 1. The number of halogens is 1. The zero-order valence-corrected chi connectivity index (χ0v) is 13.4. The normalized spacial score (nSPS) is 22.2. The largest absolute Gasteiger partial charge is 0.377 e. The van der Waals surface area contributed by atoms with Gasteiger partial charge in [0.15, 0.2) is 0 Å². The van der Waals surface area contributed by atoms with Crippen molar-refractivity contribution in [3.63, 3.8) is 0 Å². The summed E-state index contributed by atoms with van der Waals surface area (Å²) in [5.41, 5.74) is 0.639. The predicted molar refractivity (Wildman–Crippen MR) is 80.1 cm³/mol. The van der Waals surface area contributed by atoms with Crippen LogP contribution in [0.4, 0.5) is 0 Å². The van der Waals surface area contributed by atoms with E-state index in [4.69, 9.17) is 4.74 Å². The Morgan fingerprint density at radius 2 is 2.19 bits per heavy atom. The Balaban J connectivity index is 1.87. The second-order valence-electron chi connectivity index (χ2n) is 5.39. The lowest BCUT2D eigenvalue weighted by Crippen LogP contribution is -2.55. The third kappa shape index (κ3) is 2.85. The highest BCUT2D eigenvalue weighted by Crippen LogP contribution is 2.37. The first-order chi connectivity index (χ1) is 10.1. The van der Waals surface area contributed by atoms with E-state index in [2.05, 4.69) is 21.2 Å². The van der Waals surface area contributed by atoms with Crippen LogP contribution in [-0.2, 0) is 9.53 Å². The number of carbonyl (C=O) groups is 2. The number of likely N-dealkylation sites (N-methyl/N-ethyl adjacent to an activating group) is 1. The van der Waals surface area contributed by atoms with Gasteiger partial charge in [-0.05, 0) is 34.8 Å². The minimum atomic E-state index is -0.558. The highest BCUT2D eigenvalue weighted by molar-refractivity contribution is 9.10. The average Bonchev–Trinajstić information content (AvgIpc) is 3.28. The second kappa shape index (κ2) is 5.81. The van der Waals surface area contributed by atoms with E-state index in [1.165, 1.54) is 0 Å². The molecule has 114 valence electrons. The van der Waals surface area contributed by atoms with Gasteiger partial charge < -0.3 is 19.5 Å². The summed E-state index contributed by atoms with van der Waals surface area (Å²) in [6.07, 6.45) is 4.15. The third-order valence-corrected chi connectivity index (χ3v) is 4.35. The molecule has 1 unspecified atom stereocenters. The minimum absolute atomic E-state index is 0.107. The summed E-state index contributed by atoms with van der Waals surface area (Å²) in [4.78, 5) is 26.4. The Kier molecular flexibility index (Phi) is 4.03. The molecule has 1 aromatic rings. The number of rotatable bonds is 3. The van der Waals surface area contributed by atoms with E-state index in [1.807, 2.05) is 16.8 Å². The van der Waals surface area contributed by atoms with Crippen molar-refractivity contribution < 1.29 is 14.3 Å². The van der Waals surface area contributed by atoms with E-state index in [0.717, 1.165) is 17.3 Å². The quantitative estimate of drug-likeness (QED) is 0.885. The van der Waals surface area contributed by atoms with Crippen molar-refractivity contribution in [2.45, 2.75) is 24.9 Å².